The smallest absolute Gasteiger partial charge is 0.408 e. The maximum Gasteiger partial charge on any atom is 0.408 e. The first kappa shape index (κ1) is 28.5. The van der Waals surface area contributed by atoms with Crippen LogP contribution in [0.1, 0.15) is 16.7 Å². The van der Waals surface area contributed by atoms with Crippen LogP contribution < -0.4 is 10.1 Å². The predicted molar refractivity (Wildman–Crippen MR) is 151 cm³/mol. The van der Waals surface area contributed by atoms with Crippen molar-refractivity contribution < 1.29 is 23.8 Å². The number of rotatable bonds is 12. The highest BCUT2D eigenvalue weighted by atomic mass is 79.9. The zero-order valence-corrected chi connectivity index (χ0v) is 24.1. The lowest BCUT2D eigenvalue weighted by Gasteiger charge is -2.21. The van der Waals surface area contributed by atoms with Crippen LogP contribution in [0, 0.1) is 0 Å². The summed E-state index contributed by atoms with van der Waals surface area (Å²) in [5.41, 5.74) is 2.65. The minimum Gasteiger partial charge on any atom is -0.489 e. The number of esters is 1. The number of carbonyl (C=O) groups is 2. The second kappa shape index (κ2) is 14.0. The van der Waals surface area contributed by atoms with E-state index in [2.05, 4.69) is 40.9 Å². The van der Waals surface area contributed by atoms with Crippen molar-refractivity contribution in [3.63, 3.8) is 0 Å². The highest BCUT2D eigenvalue weighted by Gasteiger charge is 2.26. The standard InChI is InChI=1S/C29H34BrNO5Si/c1-37(2,3)17-16-34-28(32)26(31-29(33)36-21-23-12-8-5-9-13-23)19-24-18-25(30)14-15-27(24)35-20-22-10-6-4-7-11-22/h4-15,18,26H,16-17,19-21H2,1-3H3,(H,31,33)/t26-/m0/s1. The van der Waals surface area contributed by atoms with Crippen molar-refractivity contribution in [3.05, 3.63) is 100 Å². The minimum atomic E-state index is -1.39. The van der Waals surface area contributed by atoms with E-state index >= 15 is 0 Å². The van der Waals surface area contributed by atoms with E-state index in [0.717, 1.165) is 27.2 Å². The van der Waals surface area contributed by atoms with Gasteiger partial charge in [-0.25, -0.2) is 9.59 Å². The number of hydrogen-bond donors (Lipinski definition) is 1. The molecule has 3 aromatic rings. The second-order valence-corrected chi connectivity index (χ2v) is 16.5. The zero-order chi connectivity index (χ0) is 26.7. The molecule has 3 aromatic carbocycles. The van der Waals surface area contributed by atoms with E-state index in [-0.39, 0.29) is 13.0 Å². The van der Waals surface area contributed by atoms with Crippen molar-refractivity contribution in [2.75, 3.05) is 6.61 Å². The fourth-order valence-electron chi connectivity index (χ4n) is 3.46. The van der Waals surface area contributed by atoms with Gasteiger partial charge in [-0.15, -0.1) is 0 Å². The molecule has 0 radical (unpaired) electrons. The van der Waals surface area contributed by atoms with Crippen molar-refractivity contribution >= 4 is 36.1 Å². The van der Waals surface area contributed by atoms with E-state index in [1.807, 2.05) is 78.9 Å². The highest BCUT2D eigenvalue weighted by molar-refractivity contribution is 9.10. The maximum atomic E-state index is 13.1. The van der Waals surface area contributed by atoms with E-state index in [1.165, 1.54) is 0 Å². The van der Waals surface area contributed by atoms with E-state index < -0.39 is 26.2 Å². The van der Waals surface area contributed by atoms with Crippen LogP contribution in [0.5, 0.6) is 5.75 Å². The van der Waals surface area contributed by atoms with Gasteiger partial charge in [0.2, 0.25) is 0 Å². The normalized spacial score (nSPS) is 11.9. The number of carbonyl (C=O) groups excluding carboxylic acids is 2. The van der Waals surface area contributed by atoms with Gasteiger partial charge in [-0.1, -0.05) is 96.2 Å². The average Bonchev–Trinajstić information content (AvgIpc) is 2.87. The molecule has 1 amide bonds. The third-order valence-corrected chi connectivity index (χ3v) is 7.77. The third kappa shape index (κ3) is 10.4. The Balaban J connectivity index is 1.72. The number of ether oxygens (including phenoxy) is 3. The molecule has 8 heteroatoms. The lowest BCUT2D eigenvalue weighted by atomic mass is 10.0. The fraction of sp³-hybridized carbons (Fsp3) is 0.310. The fourth-order valence-corrected chi connectivity index (χ4v) is 4.59. The summed E-state index contributed by atoms with van der Waals surface area (Å²) in [6.07, 6.45) is -0.492. The Morgan fingerprint density at radius 3 is 2.11 bits per heavy atom. The van der Waals surface area contributed by atoms with Crippen molar-refractivity contribution in [3.8, 4) is 5.75 Å². The first-order valence-electron chi connectivity index (χ1n) is 12.3. The quantitative estimate of drug-likeness (QED) is 0.188. The number of amides is 1. The van der Waals surface area contributed by atoms with Crippen LogP contribution in [0.2, 0.25) is 25.7 Å². The molecule has 1 N–H and O–H groups in total. The van der Waals surface area contributed by atoms with Gasteiger partial charge in [0.15, 0.2) is 0 Å². The molecule has 0 unspecified atom stereocenters. The molecule has 3 rings (SSSR count). The summed E-state index contributed by atoms with van der Waals surface area (Å²) < 4.78 is 17.9. The van der Waals surface area contributed by atoms with E-state index in [1.54, 1.807) is 0 Å². The molecule has 0 saturated heterocycles. The Labute approximate surface area is 228 Å². The van der Waals surface area contributed by atoms with Gasteiger partial charge >= 0.3 is 12.1 Å². The number of benzene rings is 3. The minimum absolute atomic E-state index is 0.104. The molecule has 37 heavy (non-hydrogen) atoms. The molecule has 0 fully saturated rings. The van der Waals surface area contributed by atoms with Crippen LogP contribution in [0.15, 0.2) is 83.3 Å². The average molecular weight is 585 g/mol. The van der Waals surface area contributed by atoms with Crippen LogP contribution in [-0.4, -0.2) is 32.8 Å². The van der Waals surface area contributed by atoms with Gasteiger partial charge in [-0.2, -0.15) is 0 Å². The van der Waals surface area contributed by atoms with Gasteiger partial charge in [-0.05, 0) is 40.9 Å². The second-order valence-electron chi connectivity index (χ2n) is 9.97. The molecule has 6 nitrogen and oxygen atoms in total. The Hall–Kier alpha value is -3.10. The van der Waals surface area contributed by atoms with E-state index in [0.29, 0.717) is 19.0 Å². The summed E-state index contributed by atoms with van der Waals surface area (Å²) in [5.74, 6) is 0.135. The van der Waals surface area contributed by atoms with Crippen LogP contribution in [0.4, 0.5) is 4.79 Å². The Bertz CT molecular complexity index is 1150. The Morgan fingerprint density at radius 2 is 1.49 bits per heavy atom. The zero-order valence-electron chi connectivity index (χ0n) is 21.5. The largest absolute Gasteiger partial charge is 0.489 e. The third-order valence-electron chi connectivity index (χ3n) is 5.57. The molecular formula is C29H34BrNO5Si. The molecule has 1 atom stereocenters. The van der Waals surface area contributed by atoms with Crippen molar-refractivity contribution in [2.24, 2.45) is 0 Å². The number of hydrogen-bond acceptors (Lipinski definition) is 5. The monoisotopic (exact) mass is 583 g/mol. The van der Waals surface area contributed by atoms with Gasteiger partial charge in [0.25, 0.3) is 0 Å². The summed E-state index contributed by atoms with van der Waals surface area (Å²) in [5, 5.41) is 2.71. The molecule has 0 aliphatic carbocycles. The van der Waals surface area contributed by atoms with Gasteiger partial charge < -0.3 is 19.5 Å². The van der Waals surface area contributed by atoms with Crippen molar-refractivity contribution in [1.29, 1.82) is 0 Å². The van der Waals surface area contributed by atoms with Crippen LogP contribution in [-0.2, 0) is 33.9 Å². The van der Waals surface area contributed by atoms with Gasteiger partial charge in [0.1, 0.15) is 25.0 Å². The van der Waals surface area contributed by atoms with Crippen LogP contribution >= 0.6 is 15.9 Å². The number of alkyl carbamates (subject to hydrolysis) is 1. The summed E-state index contributed by atoms with van der Waals surface area (Å²) in [6, 6.07) is 24.8. The summed E-state index contributed by atoms with van der Waals surface area (Å²) in [6.45, 7) is 7.46. The number of halogens is 1. The molecular weight excluding hydrogens is 550 g/mol. The topological polar surface area (TPSA) is 73.9 Å². The Morgan fingerprint density at radius 1 is 0.865 bits per heavy atom. The lowest BCUT2D eigenvalue weighted by Crippen LogP contribution is -2.44. The predicted octanol–water partition coefficient (Wildman–Crippen LogP) is 6.75. The highest BCUT2D eigenvalue weighted by Crippen LogP contribution is 2.26. The van der Waals surface area contributed by atoms with Gasteiger partial charge in [-0.3, -0.25) is 0 Å². The summed E-state index contributed by atoms with van der Waals surface area (Å²) in [7, 11) is -1.39. The van der Waals surface area contributed by atoms with Crippen molar-refractivity contribution in [2.45, 2.75) is 51.4 Å². The van der Waals surface area contributed by atoms with Crippen LogP contribution in [0.25, 0.3) is 0 Å². The van der Waals surface area contributed by atoms with E-state index in [9.17, 15) is 9.59 Å². The molecule has 0 spiro atoms. The summed E-state index contributed by atoms with van der Waals surface area (Å²) >= 11 is 3.51. The van der Waals surface area contributed by atoms with Gasteiger partial charge in [0.05, 0.1) is 6.61 Å². The van der Waals surface area contributed by atoms with Crippen molar-refractivity contribution in [1.82, 2.24) is 5.32 Å². The first-order chi connectivity index (χ1) is 17.7. The molecule has 196 valence electrons. The lowest BCUT2D eigenvalue weighted by molar-refractivity contribution is -0.145. The van der Waals surface area contributed by atoms with Crippen LogP contribution in [0.3, 0.4) is 0 Å². The molecule has 0 heterocycles. The SMILES string of the molecule is C[Si](C)(C)CCOC(=O)[C@H](Cc1cc(Br)ccc1OCc1ccccc1)NC(=O)OCc1ccccc1. The Kier molecular flexibility index (Phi) is 10.8. The molecule has 0 bridgehead atoms. The van der Waals surface area contributed by atoms with Gasteiger partial charge in [0, 0.05) is 19.0 Å². The molecule has 0 aliphatic heterocycles. The number of nitrogens with one attached hydrogen (secondary N) is 1. The molecule has 0 saturated carbocycles. The first-order valence-corrected chi connectivity index (χ1v) is 16.8. The maximum absolute atomic E-state index is 13.1. The van der Waals surface area contributed by atoms with E-state index in [4.69, 9.17) is 14.2 Å². The molecule has 0 aliphatic rings. The summed E-state index contributed by atoms with van der Waals surface area (Å²) in [4.78, 5) is 25.7. The molecule has 0 aromatic heterocycles.